The highest BCUT2D eigenvalue weighted by Gasteiger charge is 2.28. The van der Waals surface area contributed by atoms with Gasteiger partial charge in [0.15, 0.2) is 0 Å². The Balaban J connectivity index is 1.35. The van der Waals surface area contributed by atoms with E-state index in [4.69, 9.17) is 0 Å². The molecule has 6 heteroatoms. The van der Waals surface area contributed by atoms with Gasteiger partial charge >= 0.3 is 0 Å². The van der Waals surface area contributed by atoms with Crippen LogP contribution in [0.15, 0.2) is 48.9 Å². The van der Waals surface area contributed by atoms with E-state index in [1.54, 1.807) is 0 Å². The van der Waals surface area contributed by atoms with Gasteiger partial charge in [0.1, 0.15) is 11.6 Å². The van der Waals surface area contributed by atoms with Crippen molar-refractivity contribution in [2.45, 2.75) is 39.3 Å². The zero-order valence-electron chi connectivity index (χ0n) is 16.6. The molecule has 0 saturated carbocycles. The molecule has 1 amide bonds. The first kappa shape index (κ1) is 18.5. The number of rotatable bonds is 6. The number of benzene rings is 1. The van der Waals surface area contributed by atoms with Crippen molar-refractivity contribution in [3.63, 3.8) is 0 Å². The van der Waals surface area contributed by atoms with E-state index in [0.717, 1.165) is 61.8 Å². The lowest BCUT2D eigenvalue weighted by molar-refractivity contribution is -0.134. The molecule has 3 aromatic rings. The smallest absolute Gasteiger partial charge is 0.225 e. The van der Waals surface area contributed by atoms with Crippen LogP contribution < -0.4 is 0 Å². The molecule has 1 atom stereocenters. The highest BCUT2D eigenvalue weighted by molar-refractivity contribution is 5.79. The number of imidazole rings is 2. The fraction of sp³-hybridized carbons (Fsp3) is 0.409. The Bertz CT molecular complexity index is 943. The van der Waals surface area contributed by atoms with Crippen molar-refractivity contribution in [3.05, 3.63) is 60.4 Å². The number of amides is 1. The van der Waals surface area contributed by atoms with Crippen molar-refractivity contribution in [2.24, 2.45) is 5.92 Å². The second-order valence-electron chi connectivity index (χ2n) is 7.56. The van der Waals surface area contributed by atoms with Crippen LogP contribution in [-0.4, -0.2) is 43.5 Å². The lowest BCUT2D eigenvalue weighted by Crippen LogP contribution is -2.37. The summed E-state index contributed by atoms with van der Waals surface area (Å²) >= 11 is 0. The third-order valence-electron chi connectivity index (χ3n) is 5.67. The molecule has 3 heterocycles. The van der Waals surface area contributed by atoms with Gasteiger partial charge in [-0.2, -0.15) is 0 Å². The molecule has 0 fully saturated rings. The van der Waals surface area contributed by atoms with E-state index >= 15 is 0 Å². The molecular formula is C22H27N5O. The molecule has 146 valence electrons. The van der Waals surface area contributed by atoms with Crippen LogP contribution >= 0.6 is 0 Å². The lowest BCUT2D eigenvalue weighted by Gasteiger charge is -2.28. The molecule has 0 spiro atoms. The van der Waals surface area contributed by atoms with Crippen LogP contribution in [0.1, 0.15) is 24.4 Å². The molecular weight excluding hydrogens is 350 g/mol. The summed E-state index contributed by atoms with van der Waals surface area (Å²) in [7, 11) is 1.92. The van der Waals surface area contributed by atoms with Crippen LogP contribution in [0.3, 0.4) is 0 Å². The number of hydrogen-bond donors (Lipinski definition) is 0. The Morgan fingerprint density at radius 1 is 1.25 bits per heavy atom. The van der Waals surface area contributed by atoms with E-state index in [1.165, 1.54) is 0 Å². The maximum atomic E-state index is 12.9. The number of carbonyl (C=O) groups is 1. The van der Waals surface area contributed by atoms with Gasteiger partial charge in [-0.25, -0.2) is 9.97 Å². The van der Waals surface area contributed by atoms with E-state index in [9.17, 15) is 4.79 Å². The van der Waals surface area contributed by atoms with Gasteiger partial charge < -0.3 is 14.0 Å². The van der Waals surface area contributed by atoms with Gasteiger partial charge in [0.2, 0.25) is 5.91 Å². The van der Waals surface area contributed by atoms with Crippen LogP contribution in [0.5, 0.6) is 0 Å². The Labute approximate surface area is 165 Å². The van der Waals surface area contributed by atoms with E-state index in [1.807, 2.05) is 55.7 Å². The summed E-state index contributed by atoms with van der Waals surface area (Å²) < 4.78 is 4.39. The first-order valence-electron chi connectivity index (χ1n) is 9.96. The first-order chi connectivity index (χ1) is 13.6. The Kier molecular flexibility index (Phi) is 5.28. The number of aromatic nitrogens is 4. The predicted molar refractivity (Wildman–Crippen MR) is 109 cm³/mol. The molecule has 0 N–H and O–H groups in total. The van der Waals surface area contributed by atoms with Gasteiger partial charge in [0.05, 0.1) is 0 Å². The van der Waals surface area contributed by atoms with Crippen LogP contribution in [0.25, 0.3) is 11.4 Å². The Morgan fingerprint density at radius 2 is 2.07 bits per heavy atom. The number of carbonyl (C=O) groups excluding carboxylic acids is 1. The number of hydrogen-bond acceptors (Lipinski definition) is 3. The van der Waals surface area contributed by atoms with Gasteiger partial charge in [-0.05, 0) is 19.8 Å². The minimum atomic E-state index is 0.0489. The normalized spacial score (nSPS) is 16.0. The minimum Gasteiger partial charge on any atom is -0.345 e. The quantitative estimate of drug-likeness (QED) is 0.663. The van der Waals surface area contributed by atoms with Crippen molar-refractivity contribution in [2.75, 3.05) is 13.6 Å². The molecule has 0 saturated heterocycles. The molecule has 2 aromatic heterocycles. The predicted octanol–water partition coefficient (Wildman–Crippen LogP) is 3.17. The Hall–Kier alpha value is -2.89. The summed E-state index contributed by atoms with van der Waals surface area (Å²) in [6, 6.07) is 10.3. The van der Waals surface area contributed by atoms with Crippen LogP contribution in [0.2, 0.25) is 0 Å². The van der Waals surface area contributed by atoms with E-state index < -0.39 is 0 Å². The summed E-state index contributed by atoms with van der Waals surface area (Å²) in [6.07, 6.45) is 8.31. The number of fused-ring (bicyclic) bond motifs is 1. The third-order valence-corrected chi connectivity index (χ3v) is 5.67. The average Bonchev–Trinajstić information content (AvgIpc) is 3.33. The second kappa shape index (κ2) is 8.00. The molecule has 28 heavy (non-hydrogen) atoms. The molecule has 0 bridgehead atoms. The number of nitrogens with zero attached hydrogens (tertiary/aromatic N) is 5. The highest BCUT2D eigenvalue weighted by atomic mass is 16.2. The second-order valence-corrected chi connectivity index (χ2v) is 7.56. The molecule has 1 aliphatic rings. The van der Waals surface area contributed by atoms with Crippen molar-refractivity contribution in [1.29, 1.82) is 0 Å². The van der Waals surface area contributed by atoms with E-state index in [0.29, 0.717) is 0 Å². The first-order valence-corrected chi connectivity index (χ1v) is 9.96. The van der Waals surface area contributed by atoms with E-state index in [2.05, 4.69) is 31.2 Å². The molecule has 0 aliphatic carbocycles. The number of aryl methyl sites for hydroxylation is 2. The van der Waals surface area contributed by atoms with Gasteiger partial charge in [0.25, 0.3) is 0 Å². The maximum Gasteiger partial charge on any atom is 0.225 e. The van der Waals surface area contributed by atoms with Crippen molar-refractivity contribution < 1.29 is 4.79 Å². The lowest BCUT2D eigenvalue weighted by atomic mass is 9.94. The maximum absolute atomic E-state index is 12.9. The SMILES string of the molecule is Cc1nccn1CCCN(C)C(=O)[C@H]1CCn2c(cnc2-c2ccccc2)C1. The van der Waals surface area contributed by atoms with Crippen molar-refractivity contribution in [1.82, 2.24) is 24.0 Å². The molecule has 1 aromatic carbocycles. The van der Waals surface area contributed by atoms with Gasteiger partial charge in [-0.3, -0.25) is 4.79 Å². The van der Waals surface area contributed by atoms with Crippen molar-refractivity contribution in [3.8, 4) is 11.4 Å². The fourth-order valence-corrected chi connectivity index (χ4v) is 4.03. The molecule has 1 aliphatic heterocycles. The standard InChI is InChI=1S/C22H27N5O/c1-17-23-10-14-26(17)12-6-11-25(2)22(28)19-9-13-27-20(15-19)16-24-21(27)18-7-4-3-5-8-18/h3-5,7-8,10,14,16,19H,6,9,11-13,15H2,1-2H3/t19-/m0/s1. The summed E-state index contributed by atoms with van der Waals surface area (Å²) in [5.41, 5.74) is 2.29. The van der Waals surface area contributed by atoms with Gasteiger partial charge in [-0.15, -0.1) is 0 Å². The summed E-state index contributed by atoms with van der Waals surface area (Å²) in [5.74, 6) is 2.32. The summed E-state index contributed by atoms with van der Waals surface area (Å²) in [5, 5.41) is 0. The molecule has 6 nitrogen and oxygen atoms in total. The Morgan fingerprint density at radius 3 is 2.82 bits per heavy atom. The minimum absolute atomic E-state index is 0.0489. The monoisotopic (exact) mass is 377 g/mol. The van der Waals surface area contributed by atoms with Crippen LogP contribution in [-0.2, 0) is 24.3 Å². The van der Waals surface area contributed by atoms with Gasteiger partial charge in [0, 0.05) is 68.9 Å². The largest absolute Gasteiger partial charge is 0.345 e. The molecule has 0 radical (unpaired) electrons. The molecule has 0 unspecified atom stereocenters. The molecule has 4 rings (SSSR count). The van der Waals surface area contributed by atoms with Crippen LogP contribution in [0, 0.1) is 12.8 Å². The fourth-order valence-electron chi connectivity index (χ4n) is 4.03. The van der Waals surface area contributed by atoms with Gasteiger partial charge in [-0.1, -0.05) is 30.3 Å². The van der Waals surface area contributed by atoms with E-state index in [-0.39, 0.29) is 11.8 Å². The zero-order chi connectivity index (χ0) is 19.5. The zero-order valence-corrected chi connectivity index (χ0v) is 16.6. The third kappa shape index (κ3) is 3.72. The average molecular weight is 377 g/mol. The highest BCUT2D eigenvalue weighted by Crippen LogP contribution is 2.28. The topological polar surface area (TPSA) is 56.0 Å². The summed E-state index contributed by atoms with van der Waals surface area (Å²) in [4.78, 5) is 23.7. The summed E-state index contributed by atoms with van der Waals surface area (Å²) in [6.45, 7) is 4.50. The van der Waals surface area contributed by atoms with Crippen molar-refractivity contribution >= 4 is 5.91 Å². The van der Waals surface area contributed by atoms with Crippen LogP contribution in [0.4, 0.5) is 0 Å².